The van der Waals surface area contributed by atoms with Crippen LogP contribution in [0.3, 0.4) is 0 Å². The fourth-order valence-corrected chi connectivity index (χ4v) is 3.65. The van der Waals surface area contributed by atoms with Crippen molar-refractivity contribution in [2.75, 3.05) is 7.11 Å². The highest BCUT2D eigenvalue weighted by molar-refractivity contribution is 6.43. The van der Waals surface area contributed by atoms with Crippen LogP contribution in [-0.2, 0) is 16.1 Å². The molecule has 3 nitrogen and oxygen atoms in total. The summed E-state index contributed by atoms with van der Waals surface area (Å²) in [5.74, 6) is -0.103. The lowest BCUT2D eigenvalue weighted by molar-refractivity contribution is -0.154. The Kier molecular flexibility index (Phi) is 3.57. The third-order valence-electron chi connectivity index (χ3n) is 4.32. The average Bonchev–Trinajstić information content (AvgIpc) is 2.71. The Hall–Kier alpha value is -1.32. The fourth-order valence-electron chi connectivity index (χ4n) is 3.30. The molecule has 1 amide bonds. The second kappa shape index (κ2) is 5.23. The summed E-state index contributed by atoms with van der Waals surface area (Å²) in [5.41, 5.74) is 1.44. The predicted octanol–water partition coefficient (Wildman–Crippen LogP) is 3.44. The van der Waals surface area contributed by atoms with Gasteiger partial charge in [0.2, 0.25) is 0 Å². The molecule has 1 aromatic rings. The molecule has 106 valence electrons. The molecular formula is C16H18ClNO2. The van der Waals surface area contributed by atoms with E-state index in [1.165, 1.54) is 0 Å². The molecule has 0 radical (unpaired) electrons. The van der Waals surface area contributed by atoms with E-state index in [-0.39, 0.29) is 5.91 Å². The molecule has 0 saturated heterocycles. The number of ether oxygens (including phenoxy) is 1. The van der Waals surface area contributed by atoms with Gasteiger partial charge in [-0.1, -0.05) is 41.9 Å². The Labute approximate surface area is 124 Å². The topological polar surface area (TPSA) is 29.5 Å². The van der Waals surface area contributed by atoms with Crippen molar-refractivity contribution >= 4 is 17.5 Å². The van der Waals surface area contributed by atoms with Gasteiger partial charge < -0.3 is 9.64 Å². The molecule has 4 heteroatoms. The average molecular weight is 292 g/mol. The van der Waals surface area contributed by atoms with Gasteiger partial charge in [0.15, 0.2) is 5.72 Å². The summed E-state index contributed by atoms with van der Waals surface area (Å²) in [5, 5.41) is 0.363. The Morgan fingerprint density at radius 2 is 2.05 bits per heavy atom. The van der Waals surface area contributed by atoms with E-state index in [2.05, 4.69) is 0 Å². The summed E-state index contributed by atoms with van der Waals surface area (Å²) in [6.07, 6.45) is 3.81. The van der Waals surface area contributed by atoms with Gasteiger partial charge in [-0.3, -0.25) is 4.79 Å². The van der Waals surface area contributed by atoms with Gasteiger partial charge in [0, 0.05) is 19.2 Å². The van der Waals surface area contributed by atoms with Gasteiger partial charge in [0.25, 0.3) is 5.91 Å². The lowest BCUT2D eigenvalue weighted by Crippen LogP contribution is -2.50. The van der Waals surface area contributed by atoms with E-state index < -0.39 is 5.72 Å². The minimum atomic E-state index is -0.623. The second-order valence-corrected chi connectivity index (χ2v) is 5.74. The number of hydrogen-bond acceptors (Lipinski definition) is 2. The zero-order chi connectivity index (χ0) is 14.2. The number of fused-ring (bicyclic) bond motifs is 1. The molecule has 1 aliphatic heterocycles. The second-order valence-electron chi connectivity index (χ2n) is 5.37. The van der Waals surface area contributed by atoms with Crippen molar-refractivity contribution in [1.82, 2.24) is 4.90 Å². The summed E-state index contributed by atoms with van der Waals surface area (Å²) < 4.78 is 5.79. The van der Waals surface area contributed by atoms with Crippen molar-refractivity contribution in [3.8, 4) is 0 Å². The maximum Gasteiger partial charge on any atom is 0.268 e. The van der Waals surface area contributed by atoms with E-state index in [9.17, 15) is 4.79 Å². The van der Waals surface area contributed by atoms with Gasteiger partial charge in [0.05, 0.1) is 0 Å². The Balaban J connectivity index is 1.96. The SMILES string of the molecule is COC12CCCCC1=C(Cl)C(=O)N2Cc1ccccc1. The predicted molar refractivity (Wildman–Crippen MR) is 78.1 cm³/mol. The maximum absolute atomic E-state index is 12.5. The maximum atomic E-state index is 12.5. The number of carbonyl (C=O) groups excluding carboxylic acids is 1. The van der Waals surface area contributed by atoms with E-state index in [1.807, 2.05) is 30.3 Å². The molecule has 0 spiro atoms. The van der Waals surface area contributed by atoms with Crippen molar-refractivity contribution in [3.05, 3.63) is 46.5 Å². The third kappa shape index (κ3) is 1.97. The summed E-state index contributed by atoms with van der Waals surface area (Å²) in [7, 11) is 1.67. The number of amides is 1. The monoisotopic (exact) mass is 291 g/mol. The van der Waals surface area contributed by atoms with Crippen LogP contribution in [-0.4, -0.2) is 23.6 Å². The number of halogens is 1. The van der Waals surface area contributed by atoms with Crippen LogP contribution >= 0.6 is 11.6 Å². The van der Waals surface area contributed by atoms with E-state index in [4.69, 9.17) is 16.3 Å². The number of nitrogens with zero attached hydrogens (tertiary/aromatic N) is 1. The minimum absolute atomic E-state index is 0.103. The molecule has 1 atom stereocenters. The number of methoxy groups -OCH3 is 1. The highest BCUT2D eigenvalue weighted by Gasteiger charge is 2.52. The van der Waals surface area contributed by atoms with Gasteiger partial charge in [0.1, 0.15) is 5.03 Å². The van der Waals surface area contributed by atoms with Crippen molar-refractivity contribution < 1.29 is 9.53 Å². The van der Waals surface area contributed by atoms with Crippen LogP contribution < -0.4 is 0 Å². The molecule has 3 rings (SSSR count). The largest absolute Gasteiger partial charge is 0.355 e. The normalized spacial score (nSPS) is 26.1. The molecule has 1 heterocycles. The number of hydrogen-bond donors (Lipinski definition) is 0. The van der Waals surface area contributed by atoms with Crippen LogP contribution in [0.4, 0.5) is 0 Å². The van der Waals surface area contributed by atoms with Crippen LogP contribution in [0.1, 0.15) is 31.2 Å². The highest BCUT2D eigenvalue weighted by Crippen LogP contribution is 2.47. The van der Waals surface area contributed by atoms with Crippen LogP contribution in [0.5, 0.6) is 0 Å². The van der Waals surface area contributed by atoms with Crippen LogP contribution in [0, 0.1) is 0 Å². The number of rotatable bonds is 3. The first-order valence-corrected chi connectivity index (χ1v) is 7.37. The molecule has 0 N–H and O–H groups in total. The zero-order valence-corrected chi connectivity index (χ0v) is 12.3. The lowest BCUT2D eigenvalue weighted by Gasteiger charge is -2.42. The zero-order valence-electron chi connectivity index (χ0n) is 11.6. The van der Waals surface area contributed by atoms with Crippen LogP contribution in [0.25, 0.3) is 0 Å². The Morgan fingerprint density at radius 1 is 1.30 bits per heavy atom. The fraction of sp³-hybridized carbons (Fsp3) is 0.438. The Morgan fingerprint density at radius 3 is 2.75 bits per heavy atom. The van der Waals surface area contributed by atoms with E-state index in [0.717, 1.165) is 36.8 Å². The van der Waals surface area contributed by atoms with Crippen molar-refractivity contribution in [1.29, 1.82) is 0 Å². The number of benzene rings is 1. The molecule has 0 bridgehead atoms. The molecule has 1 aliphatic carbocycles. The highest BCUT2D eigenvalue weighted by atomic mass is 35.5. The number of carbonyl (C=O) groups is 1. The molecule has 1 fully saturated rings. The summed E-state index contributed by atoms with van der Waals surface area (Å²) in [6.45, 7) is 0.535. The lowest BCUT2D eigenvalue weighted by atomic mass is 9.87. The van der Waals surface area contributed by atoms with Gasteiger partial charge in [-0.2, -0.15) is 0 Å². The Bertz CT molecular complexity index is 555. The molecule has 1 aromatic carbocycles. The molecule has 1 unspecified atom stereocenters. The van der Waals surface area contributed by atoms with Gasteiger partial charge in [-0.15, -0.1) is 0 Å². The van der Waals surface area contributed by atoms with E-state index in [1.54, 1.807) is 12.0 Å². The smallest absolute Gasteiger partial charge is 0.268 e. The standard InChI is InChI=1S/C16H18ClNO2/c1-20-16-10-6-5-9-13(16)14(17)15(19)18(16)11-12-7-3-2-4-8-12/h2-4,7-8H,5-6,9-11H2,1H3. The molecule has 2 aliphatic rings. The van der Waals surface area contributed by atoms with Gasteiger partial charge >= 0.3 is 0 Å². The van der Waals surface area contributed by atoms with Crippen molar-refractivity contribution in [3.63, 3.8) is 0 Å². The van der Waals surface area contributed by atoms with Crippen molar-refractivity contribution in [2.45, 2.75) is 38.0 Å². The summed E-state index contributed by atoms with van der Waals surface area (Å²) >= 11 is 6.27. The first-order valence-electron chi connectivity index (χ1n) is 6.99. The van der Waals surface area contributed by atoms with Crippen LogP contribution in [0.15, 0.2) is 40.9 Å². The van der Waals surface area contributed by atoms with E-state index >= 15 is 0 Å². The van der Waals surface area contributed by atoms with Crippen molar-refractivity contribution in [2.24, 2.45) is 0 Å². The van der Waals surface area contributed by atoms with Crippen LogP contribution in [0.2, 0.25) is 0 Å². The first kappa shape index (κ1) is 13.7. The summed E-state index contributed by atoms with van der Waals surface area (Å²) in [4.78, 5) is 14.3. The molecule has 0 aromatic heterocycles. The molecule has 1 saturated carbocycles. The summed E-state index contributed by atoms with van der Waals surface area (Å²) in [6, 6.07) is 9.97. The molecule has 20 heavy (non-hydrogen) atoms. The quantitative estimate of drug-likeness (QED) is 0.854. The third-order valence-corrected chi connectivity index (χ3v) is 4.71. The molecular weight excluding hydrogens is 274 g/mol. The van der Waals surface area contributed by atoms with Gasteiger partial charge in [-0.05, 0) is 31.2 Å². The van der Waals surface area contributed by atoms with Gasteiger partial charge in [-0.25, -0.2) is 0 Å². The first-order chi connectivity index (χ1) is 9.69. The minimum Gasteiger partial charge on any atom is -0.355 e. The van der Waals surface area contributed by atoms with E-state index in [0.29, 0.717) is 11.6 Å².